The number of pyridine rings is 1. The van der Waals surface area contributed by atoms with E-state index < -0.39 is 29.6 Å². The van der Waals surface area contributed by atoms with Crippen LogP contribution in [-0.2, 0) is 12.6 Å². The molecule has 6 rings (SSSR count). The molecule has 174 valence electrons. The summed E-state index contributed by atoms with van der Waals surface area (Å²) < 4.78 is 56.2. The van der Waals surface area contributed by atoms with E-state index in [0.29, 0.717) is 41.7 Å². The third-order valence-electron chi connectivity index (χ3n) is 6.79. The van der Waals surface area contributed by atoms with E-state index in [1.165, 1.54) is 30.7 Å². The number of aromatic nitrogens is 4. The Hall–Kier alpha value is -3.76. The van der Waals surface area contributed by atoms with Crippen molar-refractivity contribution in [2.24, 2.45) is 5.92 Å². The van der Waals surface area contributed by atoms with Gasteiger partial charge in [0.2, 0.25) is 0 Å². The van der Waals surface area contributed by atoms with Crippen molar-refractivity contribution in [1.29, 1.82) is 0 Å². The van der Waals surface area contributed by atoms with Crippen LogP contribution in [0.3, 0.4) is 0 Å². The molecule has 0 radical (unpaired) electrons. The van der Waals surface area contributed by atoms with Gasteiger partial charge < -0.3 is 10.6 Å². The Morgan fingerprint density at radius 3 is 2.76 bits per heavy atom. The molecule has 4 aromatic rings. The SMILES string of the molecule is Nc1nc2cc(F)c(C(=O)N3CCC[C@@H]4Cc5nc(C(F)(F)F)ccc5[C@@H]43)cc2n2cncc12. The van der Waals surface area contributed by atoms with Gasteiger partial charge in [-0.3, -0.25) is 9.20 Å². The molecule has 4 heterocycles. The molecular weight excluding hydrogens is 452 g/mol. The second-order valence-corrected chi connectivity index (χ2v) is 8.75. The van der Waals surface area contributed by atoms with Crippen LogP contribution in [0.25, 0.3) is 16.6 Å². The zero-order valence-electron chi connectivity index (χ0n) is 17.7. The zero-order chi connectivity index (χ0) is 23.8. The summed E-state index contributed by atoms with van der Waals surface area (Å²) in [5.41, 5.74) is 7.08. The lowest BCUT2D eigenvalue weighted by molar-refractivity contribution is -0.141. The average Bonchev–Trinajstić information content (AvgIpc) is 3.42. The van der Waals surface area contributed by atoms with Gasteiger partial charge in [-0.25, -0.2) is 19.3 Å². The Morgan fingerprint density at radius 1 is 1.15 bits per heavy atom. The number of anilines is 1. The summed E-state index contributed by atoms with van der Waals surface area (Å²) in [6.07, 6.45) is 0.280. The van der Waals surface area contributed by atoms with E-state index >= 15 is 4.39 Å². The topological polar surface area (TPSA) is 89.4 Å². The Labute approximate surface area is 190 Å². The van der Waals surface area contributed by atoms with Gasteiger partial charge in [-0.05, 0) is 42.9 Å². The summed E-state index contributed by atoms with van der Waals surface area (Å²) in [4.78, 5) is 27.3. The van der Waals surface area contributed by atoms with Crippen LogP contribution >= 0.6 is 0 Å². The smallest absolute Gasteiger partial charge is 0.382 e. The third-order valence-corrected chi connectivity index (χ3v) is 6.79. The van der Waals surface area contributed by atoms with Crippen LogP contribution in [0.5, 0.6) is 0 Å². The maximum Gasteiger partial charge on any atom is 0.433 e. The highest BCUT2D eigenvalue weighted by Gasteiger charge is 2.44. The molecule has 1 aliphatic carbocycles. The van der Waals surface area contributed by atoms with Gasteiger partial charge >= 0.3 is 6.18 Å². The van der Waals surface area contributed by atoms with Gasteiger partial charge in [-0.15, -0.1) is 0 Å². The summed E-state index contributed by atoms with van der Waals surface area (Å²) in [5.74, 6) is -1.13. The number of carbonyl (C=O) groups excluding carboxylic acids is 1. The minimum Gasteiger partial charge on any atom is -0.382 e. The van der Waals surface area contributed by atoms with E-state index in [9.17, 15) is 18.0 Å². The Kier molecular flexibility index (Phi) is 4.36. The quantitative estimate of drug-likeness (QED) is 0.422. The van der Waals surface area contributed by atoms with Gasteiger partial charge in [0, 0.05) is 18.3 Å². The van der Waals surface area contributed by atoms with Crippen LogP contribution in [0.4, 0.5) is 23.4 Å². The zero-order valence-corrected chi connectivity index (χ0v) is 17.7. The molecule has 1 saturated heterocycles. The first kappa shape index (κ1) is 20.8. The molecule has 11 heteroatoms. The number of hydrogen-bond donors (Lipinski definition) is 1. The van der Waals surface area contributed by atoms with Gasteiger partial charge in [0.05, 0.1) is 35.2 Å². The summed E-state index contributed by atoms with van der Waals surface area (Å²) in [6.45, 7) is 0.373. The highest BCUT2D eigenvalue weighted by molar-refractivity contribution is 5.99. The van der Waals surface area contributed by atoms with Crippen LogP contribution in [-0.4, -0.2) is 36.7 Å². The van der Waals surface area contributed by atoms with E-state index in [-0.39, 0.29) is 22.8 Å². The molecule has 2 N–H and O–H groups in total. The minimum atomic E-state index is -4.54. The molecule has 2 aliphatic rings. The Balaban J connectivity index is 1.43. The van der Waals surface area contributed by atoms with Crippen molar-refractivity contribution in [2.45, 2.75) is 31.5 Å². The molecule has 0 spiro atoms. The number of rotatable bonds is 1. The van der Waals surface area contributed by atoms with Crippen LogP contribution in [0.15, 0.2) is 36.8 Å². The molecule has 3 aromatic heterocycles. The summed E-state index contributed by atoms with van der Waals surface area (Å²) in [5, 5.41) is 0. The molecule has 0 bridgehead atoms. The number of nitrogens with two attached hydrogens (primary N) is 1. The van der Waals surface area contributed by atoms with Gasteiger partial charge in [0.15, 0.2) is 0 Å². The number of nitrogen functional groups attached to an aromatic ring is 1. The van der Waals surface area contributed by atoms with Crippen molar-refractivity contribution < 1.29 is 22.4 Å². The monoisotopic (exact) mass is 470 g/mol. The highest BCUT2D eigenvalue weighted by Crippen LogP contribution is 2.46. The molecule has 1 fully saturated rings. The molecule has 34 heavy (non-hydrogen) atoms. The van der Waals surface area contributed by atoms with Crippen molar-refractivity contribution >= 4 is 28.3 Å². The fraction of sp³-hybridized carbons (Fsp3) is 0.304. The normalized spacial score (nSPS) is 20.1. The molecule has 2 atom stereocenters. The number of halogens is 4. The number of alkyl halides is 3. The third kappa shape index (κ3) is 3.02. The number of amides is 1. The lowest BCUT2D eigenvalue weighted by Crippen LogP contribution is -2.41. The Morgan fingerprint density at radius 2 is 1.97 bits per heavy atom. The van der Waals surface area contributed by atoms with Gasteiger partial charge in [-0.2, -0.15) is 13.2 Å². The van der Waals surface area contributed by atoms with Crippen LogP contribution in [0, 0.1) is 11.7 Å². The van der Waals surface area contributed by atoms with E-state index in [1.807, 2.05) is 0 Å². The standard InChI is InChI=1S/C23H18F4N6O/c24-14-8-16-17(33-10-29-9-18(33)21(28)31-16)7-13(14)22(34)32-5-1-2-11-6-15-12(20(11)32)3-4-19(30-15)23(25,26)27/h3-4,7-11,20H,1-2,5-6H2,(H2,28,31)/t11-,20-/m1/s1. The first-order valence-electron chi connectivity index (χ1n) is 10.8. The van der Waals surface area contributed by atoms with E-state index in [4.69, 9.17) is 5.73 Å². The predicted octanol–water partition coefficient (Wildman–Crippen LogP) is 4.17. The lowest BCUT2D eigenvalue weighted by atomic mass is 9.89. The van der Waals surface area contributed by atoms with Crippen LogP contribution in [0.1, 0.15) is 46.2 Å². The first-order valence-corrected chi connectivity index (χ1v) is 10.8. The van der Waals surface area contributed by atoms with Crippen LogP contribution < -0.4 is 5.73 Å². The average molecular weight is 470 g/mol. The maximum atomic E-state index is 15.1. The number of nitrogens with zero attached hydrogens (tertiary/aromatic N) is 5. The number of fused-ring (bicyclic) bond motifs is 6. The lowest BCUT2D eigenvalue weighted by Gasteiger charge is -2.38. The second-order valence-electron chi connectivity index (χ2n) is 8.75. The minimum absolute atomic E-state index is 0.0611. The van der Waals surface area contributed by atoms with Gasteiger partial charge in [-0.1, -0.05) is 6.07 Å². The fourth-order valence-corrected chi connectivity index (χ4v) is 5.31. The van der Waals surface area contributed by atoms with Crippen molar-refractivity contribution in [3.05, 3.63) is 65.1 Å². The molecular formula is C23H18F4N6O. The molecule has 7 nitrogen and oxygen atoms in total. The van der Waals surface area contributed by atoms with Crippen molar-refractivity contribution in [3.8, 4) is 0 Å². The number of hydrogen-bond acceptors (Lipinski definition) is 5. The molecule has 0 saturated carbocycles. The predicted molar refractivity (Wildman–Crippen MR) is 114 cm³/mol. The second kappa shape index (κ2) is 7.12. The number of likely N-dealkylation sites (tertiary alicyclic amines) is 1. The number of piperidine rings is 1. The maximum absolute atomic E-state index is 15.1. The van der Waals surface area contributed by atoms with Crippen molar-refractivity contribution in [2.75, 3.05) is 12.3 Å². The largest absolute Gasteiger partial charge is 0.433 e. The summed E-state index contributed by atoms with van der Waals surface area (Å²) >= 11 is 0. The van der Waals surface area contributed by atoms with Crippen LogP contribution in [0.2, 0.25) is 0 Å². The first-order chi connectivity index (χ1) is 16.2. The molecule has 1 amide bonds. The van der Waals surface area contributed by atoms with E-state index in [0.717, 1.165) is 12.5 Å². The summed E-state index contributed by atoms with van der Waals surface area (Å²) in [7, 11) is 0. The molecule has 0 unspecified atom stereocenters. The fourth-order valence-electron chi connectivity index (χ4n) is 5.31. The number of carbonyl (C=O) groups is 1. The van der Waals surface area contributed by atoms with Crippen molar-refractivity contribution in [1.82, 2.24) is 24.3 Å². The molecule has 1 aliphatic heterocycles. The Bertz CT molecular complexity index is 1480. The summed E-state index contributed by atoms with van der Waals surface area (Å²) in [6, 6.07) is 4.50. The van der Waals surface area contributed by atoms with Gasteiger partial charge in [0.1, 0.15) is 22.8 Å². The highest BCUT2D eigenvalue weighted by atomic mass is 19.4. The number of imidazole rings is 1. The number of benzene rings is 1. The van der Waals surface area contributed by atoms with E-state index in [2.05, 4.69) is 15.0 Å². The van der Waals surface area contributed by atoms with E-state index in [1.54, 1.807) is 9.30 Å². The van der Waals surface area contributed by atoms with Crippen molar-refractivity contribution in [3.63, 3.8) is 0 Å². The van der Waals surface area contributed by atoms with Gasteiger partial charge in [0.25, 0.3) is 5.91 Å². The molecule has 1 aromatic carbocycles.